The number of unbranched alkanes of at least 4 members (excludes halogenated alkanes) is 2. The van der Waals surface area contributed by atoms with Gasteiger partial charge in [0.2, 0.25) is 0 Å². The van der Waals surface area contributed by atoms with E-state index in [0.29, 0.717) is 28.7 Å². The number of benzene rings is 2. The molecular weight excluding hydrogens is 475 g/mol. The number of carbonyl (C=O) groups excluding carboxylic acids is 2. The molecule has 1 heterocycles. The van der Waals surface area contributed by atoms with Gasteiger partial charge >= 0.3 is 6.03 Å². The van der Waals surface area contributed by atoms with E-state index in [1.165, 1.54) is 4.90 Å². The number of rotatable bonds is 7. The third kappa shape index (κ3) is 4.62. The van der Waals surface area contributed by atoms with Gasteiger partial charge in [0, 0.05) is 27.5 Å². The van der Waals surface area contributed by atoms with Crippen molar-refractivity contribution in [1.82, 2.24) is 4.90 Å². The minimum absolute atomic E-state index is 0.264. The van der Waals surface area contributed by atoms with Crippen LogP contribution in [0.5, 0.6) is 0 Å². The molecule has 2 aromatic carbocycles. The molecule has 1 aliphatic heterocycles. The molecule has 0 aromatic heterocycles. The molecule has 4 nitrogen and oxygen atoms in total. The highest BCUT2D eigenvalue weighted by molar-refractivity contribution is 9.10. The fourth-order valence-corrected chi connectivity index (χ4v) is 4.48. The number of carbonyl (C=O) groups is 2. The maximum atomic E-state index is 13.5. The Hall–Kier alpha value is -1.56. The van der Waals surface area contributed by atoms with Gasteiger partial charge in [-0.2, -0.15) is 0 Å². The molecule has 0 spiro atoms. The summed E-state index contributed by atoms with van der Waals surface area (Å²) in [6, 6.07) is 12.3. The second kappa shape index (κ2) is 9.07. The van der Waals surface area contributed by atoms with Gasteiger partial charge in [-0.15, -0.1) is 0 Å². The molecule has 0 aliphatic carbocycles. The van der Waals surface area contributed by atoms with Gasteiger partial charge < -0.3 is 4.90 Å². The van der Waals surface area contributed by atoms with Crippen LogP contribution in [0.3, 0.4) is 0 Å². The third-order valence-electron chi connectivity index (χ3n) is 5.23. The summed E-state index contributed by atoms with van der Waals surface area (Å²) in [6.07, 6.45) is 3.31. The van der Waals surface area contributed by atoms with Crippen molar-refractivity contribution in [3.63, 3.8) is 0 Å². The van der Waals surface area contributed by atoms with Crippen LogP contribution < -0.4 is 4.90 Å². The van der Waals surface area contributed by atoms with Crippen LogP contribution in [0.25, 0.3) is 0 Å². The molecule has 1 fully saturated rings. The molecule has 0 radical (unpaired) electrons. The van der Waals surface area contributed by atoms with Crippen molar-refractivity contribution in [2.75, 3.05) is 11.4 Å². The van der Waals surface area contributed by atoms with Crippen molar-refractivity contribution in [1.29, 1.82) is 0 Å². The zero-order chi connectivity index (χ0) is 21.2. The van der Waals surface area contributed by atoms with Crippen molar-refractivity contribution < 1.29 is 9.59 Å². The van der Waals surface area contributed by atoms with Crippen molar-refractivity contribution in [2.24, 2.45) is 0 Å². The first kappa shape index (κ1) is 22.1. The summed E-state index contributed by atoms with van der Waals surface area (Å²) in [7, 11) is 0. The Balaban J connectivity index is 1.99. The largest absolute Gasteiger partial charge is 0.332 e. The fraction of sp³-hybridized carbons (Fsp3) is 0.364. The van der Waals surface area contributed by atoms with Crippen LogP contribution in [-0.4, -0.2) is 28.9 Å². The van der Waals surface area contributed by atoms with Crippen LogP contribution in [-0.2, 0) is 11.2 Å². The molecule has 3 amide bonds. The van der Waals surface area contributed by atoms with E-state index in [1.807, 2.05) is 31.2 Å². The standard InChI is InChI=1S/C22H23BrCl2N2O2/c1-3-4-5-10-26-21(29)27(19-12-17(24)11-18(25)13-19)20(28)22(26,2)14-15-6-8-16(23)9-7-15/h6-9,11-13H,3-5,10,14H2,1-2H3/t22-/m1/s1. The van der Waals surface area contributed by atoms with E-state index in [-0.39, 0.29) is 11.9 Å². The van der Waals surface area contributed by atoms with Crippen molar-refractivity contribution in [3.05, 3.63) is 62.5 Å². The first-order valence-corrected chi connectivity index (χ1v) is 11.2. The van der Waals surface area contributed by atoms with Gasteiger partial charge in [-0.25, -0.2) is 9.69 Å². The van der Waals surface area contributed by atoms with Gasteiger partial charge in [0.25, 0.3) is 5.91 Å². The lowest BCUT2D eigenvalue weighted by Crippen LogP contribution is -2.49. The Morgan fingerprint density at radius 3 is 2.21 bits per heavy atom. The Bertz CT molecular complexity index is 899. The zero-order valence-electron chi connectivity index (χ0n) is 16.4. The van der Waals surface area contributed by atoms with Crippen LogP contribution in [0.2, 0.25) is 10.0 Å². The van der Waals surface area contributed by atoms with E-state index in [0.717, 1.165) is 29.3 Å². The van der Waals surface area contributed by atoms with Crippen molar-refractivity contribution >= 4 is 56.8 Å². The highest BCUT2D eigenvalue weighted by atomic mass is 79.9. The normalized spacial score (nSPS) is 19.3. The van der Waals surface area contributed by atoms with Gasteiger partial charge in [-0.3, -0.25) is 4.79 Å². The number of amides is 3. The molecule has 1 saturated heterocycles. The molecular formula is C22H23BrCl2N2O2. The molecule has 0 unspecified atom stereocenters. The van der Waals surface area contributed by atoms with E-state index >= 15 is 0 Å². The second-order valence-corrected chi connectivity index (χ2v) is 9.28. The monoisotopic (exact) mass is 496 g/mol. The van der Waals surface area contributed by atoms with Crippen LogP contribution in [0, 0.1) is 0 Å². The topological polar surface area (TPSA) is 40.6 Å². The average molecular weight is 498 g/mol. The molecule has 154 valence electrons. The van der Waals surface area contributed by atoms with Gasteiger partial charge in [0.15, 0.2) is 0 Å². The van der Waals surface area contributed by atoms with Gasteiger partial charge in [0.1, 0.15) is 5.54 Å². The summed E-state index contributed by atoms with van der Waals surface area (Å²) in [5.41, 5.74) is 0.411. The Kier molecular flexibility index (Phi) is 6.92. The van der Waals surface area contributed by atoms with E-state index < -0.39 is 5.54 Å². The first-order valence-electron chi connectivity index (χ1n) is 9.63. The predicted molar refractivity (Wildman–Crippen MR) is 122 cm³/mol. The third-order valence-corrected chi connectivity index (χ3v) is 6.20. The Morgan fingerprint density at radius 1 is 1.00 bits per heavy atom. The Labute approximate surface area is 189 Å². The van der Waals surface area contributed by atoms with Crippen LogP contribution in [0.4, 0.5) is 10.5 Å². The lowest BCUT2D eigenvalue weighted by Gasteiger charge is -2.32. The maximum Gasteiger partial charge on any atom is 0.332 e. The number of halogens is 3. The van der Waals surface area contributed by atoms with Crippen molar-refractivity contribution in [2.45, 2.75) is 45.1 Å². The van der Waals surface area contributed by atoms with Gasteiger partial charge in [-0.1, -0.05) is 71.0 Å². The number of nitrogens with zero attached hydrogens (tertiary/aromatic N) is 2. The number of imide groups is 1. The summed E-state index contributed by atoms with van der Waals surface area (Å²) in [6.45, 7) is 4.47. The second-order valence-electron chi connectivity index (χ2n) is 7.49. The van der Waals surface area contributed by atoms with Crippen LogP contribution in [0.1, 0.15) is 38.7 Å². The molecule has 3 rings (SSSR count). The molecule has 7 heteroatoms. The molecule has 0 bridgehead atoms. The molecule has 29 heavy (non-hydrogen) atoms. The summed E-state index contributed by atoms with van der Waals surface area (Å²) in [4.78, 5) is 29.8. The first-order chi connectivity index (χ1) is 13.8. The van der Waals surface area contributed by atoms with Gasteiger partial charge in [-0.05, 0) is 49.2 Å². The lowest BCUT2D eigenvalue weighted by molar-refractivity contribution is -0.124. The number of hydrogen-bond acceptors (Lipinski definition) is 2. The molecule has 0 N–H and O–H groups in total. The summed E-state index contributed by atoms with van der Waals surface area (Å²) in [5.74, 6) is -0.264. The van der Waals surface area contributed by atoms with E-state index in [9.17, 15) is 9.59 Å². The van der Waals surface area contributed by atoms with E-state index in [4.69, 9.17) is 23.2 Å². The molecule has 0 saturated carbocycles. The minimum Gasteiger partial charge on any atom is -0.309 e. The number of hydrogen-bond donors (Lipinski definition) is 0. The van der Waals surface area contributed by atoms with Gasteiger partial charge in [0.05, 0.1) is 5.69 Å². The smallest absolute Gasteiger partial charge is 0.309 e. The highest BCUT2D eigenvalue weighted by Crippen LogP contribution is 2.37. The molecule has 2 aromatic rings. The predicted octanol–water partition coefficient (Wildman–Crippen LogP) is 6.72. The summed E-state index contributed by atoms with van der Waals surface area (Å²) >= 11 is 15.7. The zero-order valence-corrected chi connectivity index (χ0v) is 19.5. The van der Waals surface area contributed by atoms with Crippen molar-refractivity contribution in [3.8, 4) is 0 Å². The number of anilines is 1. The molecule has 1 aliphatic rings. The lowest BCUT2D eigenvalue weighted by atomic mass is 9.91. The van der Waals surface area contributed by atoms with Crippen LogP contribution >= 0.6 is 39.1 Å². The molecule has 1 atom stereocenters. The quantitative estimate of drug-likeness (QED) is 0.314. The van der Waals surface area contributed by atoms with Crippen LogP contribution in [0.15, 0.2) is 46.9 Å². The van der Waals surface area contributed by atoms with E-state index in [2.05, 4.69) is 22.9 Å². The maximum absolute atomic E-state index is 13.5. The SMILES string of the molecule is CCCCCN1C(=O)N(c2cc(Cl)cc(Cl)c2)C(=O)[C@@]1(C)Cc1ccc(Br)cc1. The summed E-state index contributed by atoms with van der Waals surface area (Å²) < 4.78 is 0.968. The van der Waals surface area contributed by atoms with E-state index in [1.54, 1.807) is 23.1 Å². The average Bonchev–Trinajstić information content (AvgIpc) is 2.83. The summed E-state index contributed by atoms with van der Waals surface area (Å²) in [5, 5.41) is 0.763. The number of urea groups is 1. The fourth-order valence-electron chi connectivity index (χ4n) is 3.70. The minimum atomic E-state index is -0.979. The Morgan fingerprint density at radius 2 is 1.62 bits per heavy atom. The highest BCUT2D eigenvalue weighted by Gasteiger charge is 2.54.